The van der Waals surface area contributed by atoms with Gasteiger partial charge in [0.05, 0.1) is 22.9 Å². The van der Waals surface area contributed by atoms with Crippen LogP contribution >= 0.6 is 27.5 Å². The largest absolute Gasteiger partial charge is 0.463 e. The summed E-state index contributed by atoms with van der Waals surface area (Å²) >= 11 is 9.73. The second kappa shape index (κ2) is 7.09. The van der Waals surface area contributed by atoms with Gasteiger partial charge in [-0.05, 0) is 42.0 Å². The Balaban J connectivity index is 1.76. The van der Waals surface area contributed by atoms with Crippen LogP contribution < -0.4 is 0 Å². The standard InChI is InChI=1S/C20H14BrClN2O2/c21-14-6-3-5-13(11-14)18-12-17(19-9-4-10-26-19)23-24(18)20(25)15-7-1-2-8-16(15)22/h1-11,18H,12H2/t18-/m1/s1. The Morgan fingerprint density at radius 2 is 2.00 bits per heavy atom. The Morgan fingerprint density at radius 3 is 2.73 bits per heavy atom. The van der Waals surface area contributed by atoms with E-state index in [2.05, 4.69) is 21.0 Å². The summed E-state index contributed by atoms with van der Waals surface area (Å²) < 4.78 is 6.43. The normalized spacial score (nSPS) is 16.6. The van der Waals surface area contributed by atoms with Gasteiger partial charge >= 0.3 is 0 Å². The van der Waals surface area contributed by atoms with E-state index in [1.807, 2.05) is 36.4 Å². The van der Waals surface area contributed by atoms with Crippen LogP contribution in [0.25, 0.3) is 0 Å². The van der Waals surface area contributed by atoms with Crippen molar-refractivity contribution in [2.24, 2.45) is 5.10 Å². The topological polar surface area (TPSA) is 45.8 Å². The molecule has 1 aliphatic heterocycles. The minimum atomic E-state index is -0.234. The SMILES string of the molecule is O=C(c1ccccc1Cl)N1N=C(c2ccco2)C[C@@H]1c1cccc(Br)c1. The first-order valence-corrected chi connectivity index (χ1v) is 9.25. The third kappa shape index (κ3) is 3.20. The van der Waals surface area contributed by atoms with Crippen LogP contribution in [0.2, 0.25) is 5.02 Å². The molecule has 0 spiro atoms. The van der Waals surface area contributed by atoms with E-state index in [4.69, 9.17) is 16.0 Å². The molecule has 4 rings (SSSR count). The van der Waals surface area contributed by atoms with E-state index < -0.39 is 0 Å². The molecule has 1 aliphatic rings. The molecule has 1 amide bonds. The average Bonchev–Trinajstić information content (AvgIpc) is 3.31. The first kappa shape index (κ1) is 17.1. The van der Waals surface area contributed by atoms with Crippen molar-refractivity contribution in [3.63, 3.8) is 0 Å². The lowest BCUT2D eigenvalue weighted by atomic mass is 10.0. The van der Waals surface area contributed by atoms with Gasteiger partial charge < -0.3 is 4.42 Å². The first-order valence-electron chi connectivity index (χ1n) is 8.08. The second-order valence-electron chi connectivity index (χ2n) is 5.93. The number of hydrazone groups is 1. The van der Waals surface area contributed by atoms with Gasteiger partial charge in [-0.15, -0.1) is 0 Å². The zero-order chi connectivity index (χ0) is 18.1. The monoisotopic (exact) mass is 428 g/mol. The second-order valence-corrected chi connectivity index (χ2v) is 7.25. The van der Waals surface area contributed by atoms with Crippen LogP contribution in [0.15, 0.2) is 80.9 Å². The van der Waals surface area contributed by atoms with Gasteiger partial charge in [-0.2, -0.15) is 5.10 Å². The quantitative estimate of drug-likeness (QED) is 0.537. The van der Waals surface area contributed by atoms with Crippen molar-refractivity contribution in [3.8, 4) is 0 Å². The molecule has 3 aromatic rings. The lowest BCUT2D eigenvalue weighted by Crippen LogP contribution is -2.27. The summed E-state index contributed by atoms with van der Waals surface area (Å²) in [5.74, 6) is 0.432. The maximum Gasteiger partial charge on any atom is 0.276 e. The van der Waals surface area contributed by atoms with E-state index in [-0.39, 0.29) is 11.9 Å². The van der Waals surface area contributed by atoms with Crippen LogP contribution in [-0.2, 0) is 0 Å². The molecule has 0 aliphatic carbocycles. The van der Waals surface area contributed by atoms with Gasteiger partial charge in [0.1, 0.15) is 11.5 Å². The fourth-order valence-corrected chi connectivity index (χ4v) is 3.65. The summed E-state index contributed by atoms with van der Waals surface area (Å²) in [5, 5.41) is 6.48. The molecule has 4 nitrogen and oxygen atoms in total. The fraction of sp³-hybridized carbons (Fsp3) is 0.100. The molecular weight excluding hydrogens is 416 g/mol. The minimum Gasteiger partial charge on any atom is -0.463 e. The van der Waals surface area contributed by atoms with E-state index in [0.29, 0.717) is 22.8 Å². The number of nitrogens with zero attached hydrogens (tertiary/aromatic N) is 2. The van der Waals surface area contributed by atoms with Gasteiger partial charge in [-0.25, -0.2) is 5.01 Å². The molecule has 1 aromatic heterocycles. The van der Waals surface area contributed by atoms with Crippen molar-refractivity contribution in [3.05, 3.63) is 93.3 Å². The molecule has 2 heterocycles. The lowest BCUT2D eigenvalue weighted by Gasteiger charge is -2.22. The Hall–Kier alpha value is -2.37. The maximum absolute atomic E-state index is 13.1. The van der Waals surface area contributed by atoms with Crippen molar-refractivity contribution >= 4 is 39.1 Å². The van der Waals surface area contributed by atoms with Crippen molar-refractivity contribution < 1.29 is 9.21 Å². The molecule has 1 atom stereocenters. The predicted molar refractivity (Wildman–Crippen MR) is 104 cm³/mol. The number of carbonyl (C=O) groups is 1. The molecule has 0 fully saturated rings. The van der Waals surface area contributed by atoms with Crippen LogP contribution in [0.1, 0.15) is 34.1 Å². The molecule has 2 aromatic carbocycles. The number of amides is 1. The highest BCUT2D eigenvalue weighted by molar-refractivity contribution is 9.10. The van der Waals surface area contributed by atoms with Gasteiger partial charge in [0.15, 0.2) is 0 Å². The van der Waals surface area contributed by atoms with E-state index in [1.165, 1.54) is 5.01 Å². The summed E-state index contributed by atoms with van der Waals surface area (Å²) in [7, 11) is 0. The molecular formula is C20H14BrClN2O2. The Morgan fingerprint density at radius 1 is 1.15 bits per heavy atom. The Bertz CT molecular complexity index is 985. The highest BCUT2D eigenvalue weighted by Gasteiger charge is 2.35. The zero-order valence-corrected chi connectivity index (χ0v) is 15.9. The van der Waals surface area contributed by atoms with Gasteiger partial charge in [-0.1, -0.05) is 51.8 Å². The van der Waals surface area contributed by atoms with Gasteiger partial charge in [0, 0.05) is 10.9 Å². The van der Waals surface area contributed by atoms with Crippen LogP contribution in [0.5, 0.6) is 0 Å². The molecule has 0 bridgehead atoms. The number of carbonyl (C=O) groups excluding carboxylic acids is 1. The van der Waals surface area contributed by atoms with Crippen LogP contribution in [0.3, 0.4) is 0 Å². The summed E-state index contributed by atoms with van der Waals surface area (Å²) in [5.41, 5.74) is 2.16. The lowest BCUT2D eigenvalue weighted by molar-refractivity contribution is 0.0711. The molecule has 26 heavy (non-hydrogen) atoms. The van der Waals surface area contributed by atoms with Gasteiger partial charge in [-0.3, -0.25) is 4.79 Å². The van der Waals surface area contributed by atoms with Crippen LogP contribution in [0.4, 0.5) is 0 Å². The number of hydrogen-bond donors (Lipinski definition) is 0. The molecule has 6 heteroatoms. The number of hydrogen-bond acceptors (Lipinski definition) is 3. The highest BCUT2D eigenvalue weighted by Crippen LogP contribution is 2.35. The maximum atomic E-state index is 13.1. The van der Waals surface area contributed by atoms with Gasteiger partial charge in [0.2, 0.25) is 0 Å². The summed E-state index contributed by atoms with van der Waals surface area (Å²) in [6, 6.07) is 18.3. The molecule has 0 saturated carbocycles. The van der Waals surface area contributed by atoms with Gasteiger partial charge in [0.25, 0.3) is 5.91 Å². The molecule has 0 unspecified atom stereocenters. The van der Waals surface area contributed by atoms with Crippen molar-refractivity contribution in [1.29, 1.82) is 0 Å². The molecule has 0 saturated heterocycles. The Kier molecular flexibility index (Phi) is 4.66. The predicted octanol–water partition coefficient (Wildman–Crippen LogP) is 5.69. The average molecular weight is 430 g/mol. The minimum absolute atomic E-state index is 0.226. The first-order chi connectivity index (χ1) is 12.6. The van der Waals surface area contributed by atoms with Crippen LogP contribution in [0, 0.1) is 0 Å². The summed E-state index contributed by atoms with van der Waals surface area (Å²) in [6.45, 7) is 0. The van der Waals surface area contributed by atoms with Crippen molar-refractivity contribution in [1.82, 2.24) is 5.01 Å². The molecule has 130 valence electrons. The summed E-state index contributed by atoms with van der Waals surface area (Å²) in [6.07, 6.45) is 2.17. The fourth-order valence-electron chi connectivity index (χ4n) is 3.02. The number of furan rings is 1. The third-order valence-corrected chi connectivity index (χ3v) is 5.08. The van der Waals surface area contributed by atoms with Crippen molar-refractivity contribution in [2.75, 3.05) is 0 Å². The van der Waals surface area contributed by atoms with E-state index in [0.717, 1.165) is 15.7 Å². The van der Waals surface area contributed by atoms with Crippen LogP contribution in [-0.4, -0.2) is 16.6 Å². The summed E-state index contributed by atoms with van der Waals surface area (Å²) in [4.78, 5) is 13.1. The van der Waals surface area contributed by atoms with Crippen molar-refractivity contribution in [2.45, 2.75) is 12.5 Å². The Labute approximate surface area is 164 Å². The third-order valence-electron chi connectivity index (χ3n) is 4.26. The molecule has 0 radical (unpaired) electrons. The van der Waals surface area contributed by atoms with E-state index >= 15 is 0 Å². The number of rotatable bonds is 3. The highest BCUT2D eigenvalue weighted by atomic mass is 79.9. The van der Waals surface area contributed by atoms with E-state index in [9.17, 15) is 4.79 Å². The smallest absolute Gasteiger partial charge is 0.276 e. The molecule has 0 N–H and O–H groups in total. The zero-order valence-electron chi connectivity index (χ0n) is 13.6. The number of halogens is 2. The number of benzene rings is 2. The van der Waals surface area contributed by atoms with E-state index in [1.54, 1.807) is 30.5 Å².